The lowest BCUT2D eigenvalue weighted by atomic mass is 9.80. The Morgan fingerprint density at radius 3 is 1.59 bits per heavy atom. The summed E-state index contributed by atoms with van der Waals surface area (Å²) in [5.41, 5.74) is 9.52. The van der Waals surface area contributed by atoms with Crippen LogP contribution in [0.15, 0.2) is 97.6 Å². The molecule has 4 aromatic heterocycles. The Labute approximate surface area is 680 Å². The lowest BCUT2D eigenvalue weighted by molar-refractivity contribution is -0.119. The van der Waals surface area contributed by atoms with Gasteiger partial charge in [-0.15, -0.1) is 22.0 Å². The first-order valence-electron chi connectivity index (χ1n) is 40.8. The number of Topliss-reactive ketones (excluding diaryl/α,β-unsaturated/α-hetero) is 1. The fraction of sp³-hybridized carbons (Fsp3) is 0.635. The first-order valence-corrected chi connectivity index (χ1v) is 40.8. The molecule has 9 rings (SSSR count). The molecule has 112 heavy (non-hydrogen) atoms. The summed E-state index contributed by atoms with van der Waals surface area (Å²) in [7, 11) is 0. The van der Waals surface area contributed by atoms with Gasteiger partial charge in [-0.25, -0.2) is 0 Å². The predicted molar refractivity (Wildman–Crippen MR) is 470 cm³/mol. The number of aliphatic hydroxyl groups excluding tert-OH is 1. The summed E-state index contributed by atoms with van der Waals surface area (Å²) in [5.74, 6) is 27.8. The van der Waals surface area contributed by atoms with Crippen LogP contribution in [-0.4, -0.2) is 137 Å². The Bertz CT molecular complexity index is 3980. The van der Waals surface area contributed by atoms with Crippen LogP contribution in [0.1, 0.15) is 274 Å². The Kier molecular flexibility index (Phi) is 42.4. The van der Waals surface area contributed by atoms with E-state index in [-0.39, 0.29) is 45.0 Å². The molecule has 1 saturated heterocycles. The molecule has 3 aliphatic rings. The van der Waals surface area contributed by atoms with Crippen molar-refractivity contribution in [2.24, 2.45) is 49.1 Å². The number of unbranched alkanes of at least 4 members (excludes halogenated alkanes) is 1. The van der Waals surface area contributed by atoms with Crippen molar-refractivity contribution in [2.45, 2.75) is 295 Å². The maximum absolute atomic E-state index is 12.0. The summed E-state index contributed by atoms with van der Waals surface area (Å²) in [5, 5.41) is 37.9. The number of ketones is 1. The normalized spacial score (nSPS) is 14.3. The van der Waals surface area contributed by atoms with Crippen molar-refractivity contribution in [2.75, 3.05) is 63.9 Å². The minimum absolute atomic E-state index is 0.0192. The maximum atomic E-state index is 12.0. The van der Waals surface area contributed by atoms with Crippen LogP contribution in [0.4, 0.5) is 5.69 Å². The van der Waals surface area contributed by atoms with Crippen LogP contribution in [0.3, 0.4) is 0 Å². The van der Waals surface area contributed by atoms with Gasteiger partial charge in [-0.05, 0) is 225 Å². The molecule has 0 bridgehead atoms. The molecule has 0 unspecified atom stereocenters. The number of benzene rings is 2. The number of carbonyl (C=O) groups excluding carboxylic acids is 2. The van der Waals surface area contributed by atoms with Crippen molar-refractivity contribution in [3.8, 4) is 53.1 Å². The molecule has 5 N–H and O–H groups in total. The summed E-state index contributed by atoms with van der Waals surface area (Å²) >= 11 is 0. The molecule has 0 radical (unpaired) electrons. The van der Waals surface area contributed by atoms with E-state index in [4.69, 9.17) is 15.6 Å². The summed E-state index contributed by atoms with van der Waals surface area (Å²) < 4.78 is 8.01. The molecule has 1 aliphatic carbocycles. The Morgan fingerprint density at radius 1 is 0.554 bits per heavy atom. The van der Waals surface area contributed by atoms with Gasteiger partial charge in [0.2, 0.25) is 5.91 Å². The van der Waals surface area contributed by atoms with Gasteiger partial charge < -0.3 is 35.3 Å². The summed E-state index contributed by atoms with van der Waals surface area (Å²) in [6, 6.07) is 24.1. The van der Waals surface area contributed by atoms with E-state index in [1.54, 1.807) is 12.4 Å². The van der Waals surface area contributed by atoms with E-state index in [1.165, 1.54) is 25.3 Å². The van der Waals surface area contributed by atoms with Gasteiger partial charge in [0, 0.05) is 160 Å². The van der Waals surface area contributed by atoms with E-state index < -0.39 is 11.2 Å². The third kappa shape index (κ3) is 51.1. The number of aryl methyl sites for hydroxylation is 1. The second-order valence-corrected chi connectivity index (χ2v) is 39.6. The van der Waals surface area contributed by atoms with Crippen LogP contribution in [0.5, 0.6) is 5.75 Å². The fourth-order valence-corrected chi connectivity index (χ4v) is 11.0. The molecule has 6 heterocycles. The van der Waals surface area contributed by atoms with E-state index in [1.807, 2.05) is 93.8 Å². The number of pyridine rings is 3. The highest BCUT2D eigenvalue weighted by Crippen LogP contribution is 2.32. The smallest absolute Gasteiger partial charge is 0.217 e. The molecule has 1 saturated carbocycles. The Balaban J connectivity index is 0.000000440. The van der Waals surface area contributed by atoms with Gasteiger partial charge in [0.05, 0.1) is 29.8 Å². The number of hydrogen-bond donors (Lipinski definition) is 4. The van der Waals surface area contributed by atoms with Crippen LogP contribution in [0.2, 0.25) is 0 Å². The van der Waals surface area contributed by atoms with E-state index in [2.05, 4.69) is 270 Å². The monoisotopic (exact) mass is 1540 g/mol. The number of piperazine rings is 1. The van der Waals surface area contributed by atoms with Gasteiger partial charge in [-0.3, -0.25) is 34.3 Å². The minimum atomic E-state index is -0.632. The molecular formula is C96H150N10O6. The summed E-state index contributed by atoms with van der Waals surface area (Å²) in [4.78, 5) is 42.4. The number of carbonyl (C=O) groups is 2. The quantitative estimate of drug-likeness (QED) is 0.0525. The SMILES string of the molecule is CC(C)(C)C#CC1(O)CCC1.CC(C)(C)C#CCCC(C)(C)O.CC(C)(C)C#CCCCO.CC(C)(C)C#CCCOc1cccc2ncccc12.CC(C)(C)CCC(=O)Cc1ccc2cccnc2c1.CC(C)(C)CCC(N)=O.CC(C)(C)CN1CCN(c2ccncc2)CC1.Cc1nnc2n1CCN(CC(C)(C)C)C2. The second kappa shape index (κ2) is 47.2. The standard InChI is InChI=1S/C17H19NO.C17H21NO.C14H23N3.C11H20N4.C11H20O.C10H16O.C9H16O.C7H15NO/c1-17(2,3)11-4-5-13-19-16-10-6-9-15-14(16)8-7-12-18-15;1-17(2,3)9-8-15(19)11-13-6-7-14-5-4-10-18-16(14)12-13;1-14(2,3)12-16-8-10-17(11-9-16)13-4-6-15-7-5-13;1-9-12-13-10-7-14(5-6-15(9)10)8-11(2,3)4;1-10(2,3)8-6-7-9-11(4,5)12;1-9(2,3)7-8-10(11)5-4-6-10;1-9(2,3)7-5-4-6-8-10;1-7(2,3)5-4-6(8)9/h6-10,12H,5,13H2,1-3H3;4-7,10,12H,8-9,11H2,1-3H3;4-7H,8-12H2,1-3H3;5-8H2,1-4H3;12H,7,9H2,1-5H3;11H,4-6H2,1-3H3;10H,4,6,8H2,1-3H3;4-5H2,1-3H3,(H2,8,9). The number of aromatic nitrogens is 6. The van der Waals surface area contributed by atoms with Crippen molar-refractivity contribution in [3.63, 3.8) is 0 Å². The molecule has 16 heteroatoms. The second-order valence-electron chi connectivity index (χ2n) is 39.6. The lowest BCUT2D eigenvalue weighted by Crippen LogP contribution is -2.48. The number of fused-ring (bicyclic) bond motifs is 3. The Morgan fingerprint density at radius 2 is 1.08 bits per heavy atom. The maximum Gasteiger partial charge on any atom is 0.217 e. The molecule has 6 aromatic rings. The third-order valence-electron chi connectivity index (χ3n) is 16.8. The van der Waals surface area contributed by atoms with E-state index in [9.17, 15) is 19.8 Å². The highest BCUT2D eigenvalue weighted by atomic mass is 16.5. The van der Waals surface area contributed by atoms with Crippen LogP contribution in [0, 0.1) is 97.6 Å². The van der Waals surface area contributed by atoms with E-state index in [0.29, 0.717) is 42.5 Å². The molecule has 0 atom stereocenters. The number of nitrogens with zero attached hydrogens (tertiary/aromatic N) is 9. The molecule has 2 aliphatic heterocycles. The molecule has 0 spiro atoms. The molecule has 2 fully saturated rings. The number of primary amides is 1. The highest BCUT2D eigenvalue weighted by molar-refractivity contribution is 5.85. The van der Waals surface area contributed by atoms with Crippen molar-refractivity contribution in [1.82, 2.24) is 39.5 Å². The first-order chi connectivity index (χ1) is 51.6. The first kappa shape index (κ1) is 100. The van der Waals surface area contributed by atoms with Crippen molar-refractivity contribution in [1.29, 1.82) is 0 Å². The molecule has 2 aromatic carbocycles. The third-order valence-corrected chi connectivity index (χ3v) is 16.8. The zero-order valence-electron chi connectivity index (χ0n) is 74.9. The molecular weight excluding hydrogens is 1390 g/mol. The van der Waals surface area contributed by atoms with Gasteiger partial charge in [0.1, 0.15) is 28.8 Å². The summed E-state index contributed by atoms with van der Waals surface area (Å²) in [6.07, 6.45) is 17.5. The summed E-state index contributed by atoms with van der Waals surface area (Å²) in [6.45, 7) is 68.0. The molecule has 620 valence electrons. The average Bonchev–Trinajstić information content (AvgIpc) is 1.69. The number of aliphatic hydroxyl groups is 3. The zero-order chi connectivity index (χ0) is 84.8. The largest absolute Gasteiger partial charge is 0.492 e. The van der Waals surface area contributed by atoms with Crippen LogP contribution >= 0.6 is 0 Å². The molecule has 1 amide bonds. The van der Waals surface area contributed by atoms with Crippen LogP contribution in [0.25, 0.3) is 21.8 Å². The van der Waals surface area contributed by atoms with Gasteiger partial charge in [0.15, 0.2) is 0 Å². The number of anilines is 1. The van der Waals surface area contributed by atoms with Crippen molar-refractivity contribution >= 4 is 39.2 Å². The van der Waals surface area contributed by atoms with Crippen molar-refractivity contribution < 1.29 is 29.6 Å². The van der Waals surface area contributed by atoms with Crippen LogP contribution in [-0.2, 0) is 29.1 Å². The zero-order valence-corrected chi connectivity index (χ0v) is 74.9. The van der Waals surface area contributed by atoms with E-state index in [0.717, 1.165) is 148 Å². The van der Waals surface area contributed by atoms with Crippen LogP contribution < -0.4 is 15.4 Å². The number of rotatable bonds is 16. The Hall–Kier alpha value is -7.67. The van der Waals surface area contributed by atoms with Gasteiger partial charge in [-0.2, -0.15) is 0 Å². The molecule has 16 nitrogen and oxygen atoms in total. The number of nitrogens with two attached hydrogens (primary N) is 1. The average molecular weight is 1540 g/mol. The van der Waals surface area contributed by atoms with Gasteiger partial charge >= 0.3 is 0 Å². The topological polar surface area (TPSA) is 209 Å². The highest BCUT2D eigenvalue weighted by Gasteiger charge is 2.32. The number of hydrogen-bond acceptors (Lipinski definition) is 14. The predicted octanol–water partition coefficient (Wildman–Crippen LogP) is 19.6. The fourth-order valence-electron chi connectivity index (χ4n) is 11.0. The van der Waals surface area contributed by atoms with Gasteiger partial charge in [-0.1, -0.05) is 143 Å². The van der Waals surface area contributed by atoms with Crippen molar-refractivity contribution in [3.05, 3.63) is 115 Å². The lowest BCUT2D eigenvalue weighted by Gasteiger charge is -2.38. The number of ether oxygens (including phenoxy) is 1. The van der Waals surface area contributed by atoms with E-state index >= 15 is 0 Å². The van der Waals surface area contributed by atoms with Gasteiger partial charge in [0.25, 0.3) is 0 Å². The number of amides is 1. The minimum Gasteiger partial charge on any atom is -0.492 e.